The summed E-state index contributed by atoms with van der Waals surface area (Å²) in [5.74, 6) is 0.721. The predicted molar refractivity (Wildman–Crippen MR) is 112 cm³/mol. The van der Waals surface area contributed by atoms with E-state index in [1.165, 1.54) is 6.20 Å². The third-order valence-electron chi connectivity index (χ3n) is 4.80. The molecule has 1 saturated carbocycles. The molecule has 0 radical (unpaired) electrons. The molecule has 1 aliphatic carbocycles. The molecule has 3 heterocycles. The first-order valence-corrected chi connectivity index (χ1v) is 11.1. The third kappa shape index (κ3) is 4.14. The fourth-order valence-corrected chi connectivity index (χ4v) is 4.11. The highest BCUT2D eigenvalue weighted by molar-refractivity contribution is 7.92. The smallest absolute Gasteiger partial charge is 0.275 e. The van der Waals surface area contributed by atoms with Crippen LogP contribution in [-0.4, -0.2) is 34.2 Å². The fourth-order valence-electron chi connectivity index (χ4n) is 3.56. The Kier molecular flexibility index (Phi) is 4.82. The van der Waals surface area contributed by atoms with Crippen LogP contribution in [0.15, 0.2) is 35.4 Å². The van der Waals surface area contributed by atoms with Gasteiger partial charge < -0.3 is 11.1 Å². The number of fused-ring (bicyclic) bond motifs is 1. The van der Waals surface area contributed by atoms with Gasteiger partial charge >= 0.3 is 0 Å². The summed E-state index contributed by atoms with van der Waals surface area (Å²) < 4.78 is 26.6. The van der Waals surface area contributed by atoms with E-state index in [4.69, 9.17) is 5.73 Å². The highest BCUT2D eigenvalue weighted by Crippen LogP contribution is 2.31. The number of rotatable bonds is 5. The molecule has 1 aliphatic rings. The van der Waals surface area contributed by atoms with Gasteiger partial charge in [-0.3, -0.25) is 14.1 Å². The molecule has 0 unspecified atom stereocenters. The zero-order chi connectivity index (χ0) is 20.6. The molecule has 1 fully saturated rings. The Hall–Kier alpha value is -3.21. The quantitative estimate of drug-likeness (QED) is 0.574. The Bertz CT molecular complexity index is 1220. The van der Waals surface area contributed by atoms with Gasteiger partial charge in [-0.15, -0.1) is 0 Å². The lowest BCUT2D eigenvalue weighted by atomic mass is 10.2. The molecular weight excluding hydrogens is 394 g/mol. The van der Waals surface area contributed by atoms with Crippen molar-refractivity contribution >= 4 is 44.2 Å². The molecule has 4 rings (SSSR count). The normalized spacial score (nSPS) is 14.9. The Morgan fingerprint density at radius 1 is 1.17 bits per heavy atom. The molecule has 0 aliphatic heterocycles. The minimum Gasteiger partial charge on any atom is -0.394 e. The van der Waals surface area contributed by atoms with Crippen LogP contribution < -0.4 is 21.3 Å². The van der Waals surface area contributed by atoms with E-state index >= 15 is 0 Å². The zero-order valence-corrected chi connectivity index (χ0v) is 16.6. The van der Waals surface area contributed by atoms with Crippen molar-refractivity contribution in [1.29, 1.82) is 0 Å². The van der Waals surface area contributed by atoms with Crippen LogP contribution in [-0.2, 0) is 10.0 Å². The summed E-state index contributed by atoms with van der Waals surface area (Å²) in [6.45, 7) is 0. The molecule has 0 spiro atoms. The second-order valence-corrected chi connectivity index (χ2v) is 8.87. The van der Waals surface area contributed by atoms with Gasteiger partial charge in [-0.25, -0.2) is 18.4 Å². The number of nitrogens with one attached hydrogen (secondary N) is 2. The van der Waals surface area contributed by atoms with Crippen LogP contribution in [0, 0.1) is 0 Å². The number of aromatic nitrogens is 4. The molecule has 0 atom stereocenters. The van der Waals surface area contributed by atoms with Crippen molar-refractivity contribution in [3.63, 3.8) is 0 Å². The number of nitrogens with two attached hydrogens (primary N) is 1. The van der Waals surface area contributed by atoms with E-state index in [-0.39, 0.29) is 23.2 Å². The number of nitrogens with zero attached hydrogens (tertiary/aromatic N) is 4. The van der Waals surface area contributed by atoms with Crippen LogP contribution in [0.4, 0.5) is 23.1 Å². The lowest BCUT2D eigenvalue weighted by Crippen LogP contribution is -2.27. The molecule has 10 nitrogen and oxygen atoms in total. The van der Waals surface area contributed by atoms with Crippen LogP contribution in [0.25, 0.3) is 11.0 Å². The minimum absolute atomic E-state index is 0.0794. The van der Waals surface area contributed by atoms with E-state index in [1.54, 1.807) is 29.0 Å². The van der Waals surface area contributed by atoms with Crippen LogP contribution in [0.5, 0.6) is 0 Å². The van der Waals surface area contributed by atoms with Crippen LogP contribution in [0.2, 0.25) is 0 Å². The molecule has 29 heavy (non-hydrogen) atoms. The van der Waals surface area contributed by atoms with E-state index < -0.39 is 10.0 Å². The SMILES string of the molecule is CS(=O)(=O)Nc1ccc(Nc2ncc3cc(N)c(=O)n(C4CCCC4)c3n2)nc1. The predicted octanol–water partition coefficient (Wildman–Crippen LogP) is 2.00. The second kappa shape index (κ2) is 7.32. The van der Waals surface area contributed by atoms with E-state index in [1.807, 2.05) is 0 Å². The van der Waals surface area contributed by atoms with Gasteiger partial charge in [0.25, 0.3) is 5.56 Å². The van der Waals surface area contributed by atoms with E-state index in [9.17, 15) is 13.2 Å². The third-order valence-corrected chi connectivity index (χ3v) is 5.40. The number of hydrogen-bond acceptors (Lipinski definition) is 8. The van der Waals surface area contributed by atoms with Crippen LogP contribution >= 0.6 is 0 Å². The maximum atomic E-state index is 12.7. The molecule has 4 N–H and O–H groups in total. The van der Waals surface area contributed by atoms with Gasteiger partial charge in [0.05, 0.1) is 23.8 Å². The fraction of sp³-hybridized carbons (Fsp3) is 0.333. The Balaban J connectivity index is 1.67. The topological polar surface area (TPSA) is 145 Å². The van der Waals surface area contributed by atoms with Gasteiger partial charge in [-0.1, -0.05) is 12.8 Å². The van der Waals surface area contributed by atoms with Crippen molar-refractivity contribution in [1.82, 2.24) is 19.5 Å². The average molecular weight is 415 g/mol. The summed E-state index contributed by atoms with van der Waals surface area (Å²) in [5.41, 5.74) is 6.74. The molecule has 3 aromatic rings. The number of pyridine rings is 2. The van der Waals surface area contributed by atoms with Gasteiger partial charge in [0, 0.05) is 17.6 Å². The summed E-state index contributed by atoms with van der Waals surface area (Å²) in [6.07, 6.45) is 8.05. The highest BCUT2D eigenvalue weighted by atomic mass is 32.2. The van der Waals surface area contributed by atoms with E-state index in [0.717, 1.165) is 31.9 Å². The van der Waals surface area contributed by atoms with Gasteiger partial charge in [-0.2, -0.15) is 4.98 Å². The maximum absolute atomic E-state index is 12.7. The largest absolute Gasteiger partial charge is 0.394 e. The lowest BCUT2D eigenvalue weighted by molar-refractivity contribution is 0.517. The molecule has 3 aromatic heterocycles. The summed E-state index contributed by atoms with van der Waals surface area (Å²) in [4.78, 5) is 25.7. The number of anilines is 4. The van der Waals surface area contributed by atoms with Gasteiger partial charge in [0.2, 0.25) is 16.0 Å². The molecule has 152 valence electrons. The zero-order valence-electron chi connectivity index (χ0n) is 15.8. The van der Waals surface area contributed by atoms with Crippen molar-refractivity contribution in [3.05, 3.63) is 40.9 Å². The van der Waals surface area contributed by atoms with Crippen LogP contribution in [0.1, 0.15) is 31.7 Å². The Morgan fingerprint density at radius 3 is 2.59 bits per heavy atom. The Morgan fingerprint density at radius 2 is 1.93 bits per heavy atom. The first kappa shape index (κ1) is 19.1. The molecule has 11 heteroatoms. The number of sulfonamides is 1. The van der Waals surface area contributed by atoms with Gasteiger partial charge in [0.15, 0.2) is 0 Å². The number of nitrogen functional groups attached to an aromatic ring is 1. The molecule has 0 amide bonds. The molecule has 0 bridgehead atoms. The average Bonchev–Trinajstić information content (AvgIpc) is 3.18. The Labute approximate surface area is 167 Å². The molecule has 0 aromatic carbocycles. The van der Waals surface area contributed by atoms with Gasteiger partial charge in [-0.05, 0) is 31.0 Å². The first-order valence-electron chi connectivity index (χ1n) is 9.19. The van der Waals surface area contributed by atoms with Crippen LogP contribution in [0.3, 0.4) is 0 Å². The highest BCUT2D eigenvalue weighted by Gasteiger charge is 2.22. The van der Waals surface area contributed by atoms with Crippen molar-refractivity contribution < 1.29 is 8.42 Å². The maximum Gasteiger partial charge on any atom is 0.275 e. The van der Waals surface area contributed by atoms with Crippen molar-refractivity contribution in [2.45, 2.75) is 31.7 Å². The van der Waals surface area contributed by atoms with Crippen molar-refractivity contribution in [2.75, 3.05) is 22.0 Å². The summed E-state index contributed by atoms with van der Waals surface area (Å²) in [5, 5.41) is 3.68. The second-order valence-electron chi connectivity index (χ2n) is 7.12. The summed E-state index contributed by atoms with van der Waals surface area (Å²) >= 11 is 0. The van der Waals surface area contributed by atoms with E-state index in [2.05, 4.69) is 25.0 Å². The monoisotopic (exact) mass is 415 g/mol. The minimum atomic E-state index is -3.37. The standard InChI is InChI=1S/C18H21N7O3S/c1-29(27,28)24-12-6-7-15(20-10-12)22-18-21-9-11-8-14(19)17(26)25(16(11)23-18)13-4-2-3-5-13/h6-10,13,24H,2-5,19H2,1H3,(H,20,21,22,23). The van der Waals surface area contributed by atoms with Gasteiger partial charge in [0.1, 0.15) is 11.5 Å². The summed E-state index contributed by atoms with van der Waals surface area (Å²) in [6, 6.07) is 4.85. The summed E-state index contributed by atoms with van der Waals surface area (Å²) in [7, 11) is -3.37. The molecular formula is C18H21N7O3S. The van der Waals surface area contributed by atoms with E-state index in [0.29, 0.717) is 22.5 Å². The lowest BCUT2D eigenvalue weighted by Gasteiger charge is -2.17. The number of hydrogen-bond donors (Lipinski definition) is 3. The first-order chi connectivity index (χ1) is 13.8. The van der Waals surface area contributed by atoms with Crippen molar-refractivity contribution in [3.8, 4) is 0 Å². The molecule has 0 saturated heterocycles. The van der Waals surface area contributed by atoms with Crippen molar-refractivity contribution in [2.24, 2.45) is 0 Å².